The molecule has 0 N–H and O–H groups in total. The molecule has 6 nitrogen and oxygen atoms in total. The van der Waals surface area contributed by atoms with Crippen molar-refractivity contribution in [2.45, 2.75) is 25.4 Å². The number of rotatable bonds is 4. The highest BCUT2D eigenvalue weighted by molar-refractivity contribution is 5.98. The summed E-state index contributed by atoms with van der Waals surface area (Å²) in [5.74, 6) is 0.936. The average molecular weight is 431 g/mol. The van der Waals surface area contributed by atoms with Gasteiger partial charge in [-0.2, -0.15) is 0 Å². The number of para-hydroxylation sites is 2. The van der Waals surface area contributed by atoms with Gasteiger partial charge in [-0.05, 0) is 54.3 Å². The minimum atomic E-state index is -0.701. The summed E-state index contributed by atoms with van der Waals surface area (Å²) in [6.45, 7) is 1.57. The molecule has 1 atom stereocenters. The van der Waals surface area contributed by atoms with E-state index in [1.165, 1.54) is 0 Å². The quantitative estimate of drug-likeness (QED) is 0.627. The second kappa shape index (κ2) is 8.91. The molecule has 1 saturated heterocycles. The molecule has 0 saturated carbocycles. The number of ether oxygens (including phenoxy) is 2. The third-order valence-electron chi connectivity index (χ3n) is 6.10. The van der Waals surface area contributed by atoms with Crippen LogP contribution in [0.4, 0.5) is 5.69 Å². The van der Waals surface area contributed by atoms with Crippen LogP contribution in [0.3, 0.4) is 0 Å². The number of nitrogens with zero attached hydrogens (tertiary/aromatic N) is 2. The Morgan fingerprint density at radius 3 is 2.50 bits per heavy atom. The molecule has 0 radical (unpaired) electrons. The predicted molar refractivity (Wildman–Crippen MR) is 123 cm³/mol. The second-order valence-electron chi connectivity index (χ2n) is 8.26. The van der Waals surface area contributed by atoms with Gasteiger partial charge >= 0.3 is 0 Å². The van der Waals surface area contributed by atoms with Crippen molar-refractivity contribution >= 4 is 28.3 Å². The summed E-state index contributed by atoms with van der Waals surface area (Å²) >= 11 is 0. The van der Waals surface area contributed by atoms with Crippen molar-refractivity contribution < 1.29 is 19.1 Å². The number of piperidine rings is 1. The first-order chi connectivity index (χ1) is 15.7. The Hall–Kier alpha value is -3.54. The van der Waals surface area contributed by atoms with Gasteiger partial charge in [-0.3, -0.25) is 9.59 Å². The lowest BCUT2D eigenvalue weighted by molar-refractivity contribution is -0.139. The third-order valence-corrected chi connectivity index (χ3v) is 6.10. The number of hydrogen-bond acceptors (Lipinski definition) is 4. The highest BCUT2D eigenvalue weighted by Crippen LogP contribution is 2.34. The molecule has 6 heteroatoms. The Kier molecular flexibility index (Phi) is 5.67. The zero-order valence-electron chi connectivity index (χ0n) is 17.9. The zero-order chi connectivity index (χ0) is 21.9. The van der Waals surface area contributed by atoms with Crippen molar-refractivity contribution in [1.29, 1.82) is 0 Å². The first-order valence-electron chi connectivity index (χ1n) is 11.2. The first kappa shape index (κ1) is 20.4. The van der Waals surface area contributed by atoms with Crippen molar-refractivity contribution in [3.63, 3.8) is 0 Å². The van der Waals surface area contributed by atoms with Gasteiger partial charge in [-0.1, -0.05) is 42.5 Å². The molecule has 5 rings (SSSR count). The summed E-state index contributed by atoms with van der Waals surface area (Å²) in [7, 11) is 0. The molecule has 3 aromatic carbocycles. The number of hydrogen-bond donors (Lipinski definition) is 0. The van der Waals surface area contributed by atoms with Gasteiger partial charge in [0.25, 0.3) is 11.8 Å². The van der Waals surface area contributed by atoms with E-state index < -0.39 is 6.10 Å². The molecule has 0 bridgehead atoms. The van der Waals surface area contributed by atoms with Crippen molar-refractivity contribution in [3.05, 3.63) is 66.7 Å². The Balaban J connectivity index is 1.32. The number of benzene rings is 3. The Morgan fingerprint density at radius 2 is 1.66 bits per heavy atom. The van der Waals surface area contributed by atoms with E-state index in [0.717, 1.165) is 43.1 Å². The van der Waals surface area contributed by atoms with E-state index in [0.29, 0.717) is 17.2 Å². The number of fused-ring (bicyclic) bond motifs is 2. The minimum Gasteiger partial charge on any atom is -0.484 e. The van der Waals surface area contributed by atoms with Gasteiger partial charge in [0.15, 0.2) is 12.7 Å². The number of anilines is 1. The van der Waals surface area contributed by atoms with Crippen LogP contribution in [0.5, 0.6) is 11.5 Å². The average Bonchev–Trinajstić information content (AvgIpc) is 2.86. The lowest BCUT2D eigenvalue weighted by Crippen LogP contribution is -2.53. The van der Waals surface area contributed by atoms with Gasteiger partial charge in [0.05, 0.1) is 12.2 Å². The van der Waals surface area contributed by atoms with Crippen LogP contribution in [0.2, 0.25) is 0 Å². The van der Waals surface area contributed by atoms with Crippen LogP contribution in [0.25, 0.3) is 10.8 Å². The molecule has 32 heavy (non-hydrogen) atoms. The molecule has 2 aliphatic heterocycles. The fraction of sp³-hybridized carbons (Fsp3) is 0.308. The van der Waals surface area contributed by atoms with Crippen molar-refractivity contribution in [2.24, 2.45) is 0 Å². The molecule has 3 aromatic rings. The number of carbonyl (C=O) groups excluding carboxylic acids is 2. The van der Waals surface area contributed by atoms with E-state index in [9.17, 15) is 9.59 Å². The molecule has 164 valence electrons. The largest absolute Gasteiger partial charge is 0.484 e. The van der Waals surface area contributed by atoms with Crippen LogP contribution >= 0.6 is 0 Å². The molecule has 2 aliphatic rings. The van der Waals surface area contributed by atoms with Crippen LogP contribution in [0.15, 0.2) is 66.7 Å². The van der Waals surface area contributed by atoms with Crippen molar-refractivity contribution in [3.8, 4) is 11.5 Å². The molecule has 2 amide bonds. The van der Waals surface area contributed by atoms with E-state index in [1.54, 1.807) is 11.0 Å². The van der Waals surface area contributed by atoms with Crippen molar-refractivity contribution in [1.82, 2.24) is 4.90 Å². The van der Waals surface area contributed by atoms with Crippen LogP contribution < -0.4 is 14.4 Å². The molecule has 0 aromatic heterocycles. The Bertz CT molecular complexity index is 1140. The van der Waals surface area contributed by atoms with Gasteiger partial charge < -0.3 is 19.3 Å². The molecular weight excluding hydrogens is 404 g/mol. The van der Waals surface area contributed by atoms with Gasteiger partial charge in [-0.25, -0.2) is 0 Å². The maximum atomic E-state index is 13.2. The highest BCUT2D eigenvalue weighted by atomic mass is 16.5. The summed E-state index contributed by atoms with van der Waals surface area (Å²) < 4.78 is 11.8. The summed E-state index contributed by atoms with van der Waals surface area (Å²) in [6.07, 6.45) is 2.47. The fourth-order valence-corrected chi connectivity index (χ4v) is 4.40. The van der Waals surface area contributed by atoms with E-state index in [4.69, 9.17) is 9.47 Å². The standard InChI is InChI=1S/C26H26N2O4/c29-25(18-31-21-13-12-19-8-2-3-9-20(19)16-21)28-17-24(26(30)27-14-6-1-7-15-27)32-23-11-5-4-10-22(23)28/h2-5,8-13,16,24H,1,6-7,14-15,17-18H2/t24-/m1/s1. The Labute approximate surface area is 187 Å². The van der Waals surface area contributed by atoms with Crippen molar-refractivity contribution in [2.75, 3.05) is 31.1 Å². The van der Waals surface area contributed by atoms with E-state index in [2.05, 4.69) is 0 Å². The van der Waals surface area contributed by atoms with Crippen LogP contribution in [0.1, 0.15) is 19.3 Å². The lowest BCUT2D eigenvalue weighted by Gasteiger charge is -2.37. The maximum Gasteiger partial charge on any atom is 0.265 e. The van der Waals surface area contributed by atoms with Gasteiger partial charge in [0.1, 0.15) is 11.5 Å². The number of amides is 2. The monoisotopic (exact) mass is 430 g/mol. The topological polar surface area (TPSA) is 59.1 Å². The van der Waals surface area contributed by atoms with E-state index in [1.807, 2.05) is 65.6 Å². The van der Waals surface area contributed by atoms with Crippen LogP contribution in [0, 0.1) is 0 Å². The molecule has 0 aliphatic carbocycles. The van der Waals surface area contributed by atoms with Gasteiger partial charge in [-0.15, -0.1) is 0 Å². The Morgan fingerprint density at radius 1 is 0.906 bits per heavy atom. The summed E-state index contributed by atoms with van der Waals surface area (Å²) in [6, 6.07) is 21.1. The van der Waals surface area contributed by atoms with E-state index in [-0.39, 0.29) is 25.0 Å². The molecule has 0 unspecified atom stereocenters. The smallest absolute Gasteiger partial charge is 0.265 e. The fourth-order valence-electron chi connectivity index (χ4n) is 4.40. The number of likely N-dealkylation sites (tertiary alicyclic amines) is 1. The SMILES string of the molecule is O=C([C@H]1CN(C(=O)COc2ccc3ccccc3c2)c2ccccc2O1)N1CCCCC1. The molecular formula is C26H26N2O4. The second-order valence-corrected chi connectivity index (χ2v) is 8.26. The van der Waals surface area contributed by atoms with Crippen LogP contribution in [-0.2, 0) is 9.59 Å². The van der Waals surface area contributed by atoms with Gasteiger partial charge in [0, 0.05) is 13.1 Å². The lowest BCUT2D eigenvalue weighted by atomic mass is 10.1. The first-order valence-corrected chi connectivity index (χ1v) is 11.2. The summed E-state index contributed by atoms with van der Waals surface area (Å²) in [5, 5.41) is 2.17. The van der Waals surface area contributed by atoms with Gasteiger partial charge in [0.2, 0.25) is 0 Å². The number of carbonyl (C=O) groups is 2. The zero-order valence-corrected chi connectivity index (χ0v) is 17.9. The summed E-state index contributed by atoms with van der Waals surface area (Å²) in [5.41, 5.74) is 0.669. The normalized spacial score (nSPS) is 18.1. The molecule has 1 fully saturated rings. The molecule has 2 heterocycles. The molecule has 0 spiro atoms. The van der Waals surface area contributed by atoms with Crippen LogP contribution in [-0.4, -0.2) is 49.1 Å². The highest BCUT2D eigenvalue weighted by Gasteiger charge is 2.36. The van der Waals surface area contributed by atoms with E-state index >= 15 is 0 Å². The minimum absolute atomic E-state index is 0.0487. The third kappa shape index (κ3) is 4.13. The maximum absolute atomic E-state index is 13.2. The predicted octanol–water partition coefficient (Wildman–Crippen LogP) is 4.03. The summed E-state index contributed by atoms with van der Waals surface area (Å²) in [4.78, 5) is 29.7.